The number of rotatable bonds is 6. The minimum Gasteiger partial charge on any atom is -0.508 e. The van der Waals surface area contributed by atoms with Crippen LogP contribution >= 0.6 is 0 Å². The minimum atomic E-state index is -1.29. The summed E-state index contributed by atoms with van der Waals surface area (Å²) >= 11 is 0. The van der Waals surface area contributed by atoms with Crippen LogP contribution in [0.5, 0.6) is 5.75 Å². The highest BCUT2D eigenvalue weighted by molar-refractivity contribution is 6.31. The Kier molecular flexibility index (Phi) is 8.57. The van der Waals surface area contributed by atoms with Gasteiger partial charge in [-0.1, -0.05) is 115 Å². The third kappa shape index (κ3) is 5.35. The van der Waals surface area contributed by atoms with Crippen LogP contribution in [-0.2, 0) is 31.1 Å². The fourth-order valence-corrected chi connectivity index (χ4v) is 10.7. The Balaban J connectivity index is 1.13. The topological polar surface area (TPSA) is 95.0 Å². The first-order chi connectivity index (χ1) is 26.3. The zero-order valence-electron chi connectivity index (χ0n) is 30.4. The molecule has 1 saturated carbocycles. The van der Waals surface area contributed by atoms with Crippen molar-refractivity contribution in [1.29, 1.82) is 0 Å². The lowest BCUT2D eigenvalue weighted by Crippen LogP contribution is -2.58. The van der Waals surface area contributed by atoms with E-state index in [0.29, 0.717) is 23.1 Å². The third-order valence-corrected chi connectivity index (χ3v) is 13.1. The van der Waals surface area contributed by atoms with Crippen LogP contribution in [0.1, 0.15) is 59.4 Å². The van der Waals surface area contributed by atoms with Crippen molar-refractivity contribution >= 4 is 29.0 Å². The van der Waals surface area contributed by atoms with Crippen LogP contribution in [0.25, 0.3) is 5.57 Å². The summed E-state index contributed by atoms with van der Waals surface area (Å²) in [6, 6.07) is 34.6. The number of piperidine rings is 1. The van der Waals surface area contributed by atoms with E-state index in [4.69, 9.17) is 0 Å². The predicted molar refractivity (Wildman–Crippen MR) is 206 cm³/mol. The number of likely N-dealkylation sites (tertiary alicyclic amines) is 2. The number of allylic oxidation sites excluding steroid dienone is 4. The maximum Gasteiger partial charge on any atom is 0.233 e. The van der Waals surface area contributed by atoms with Crippen LogP contribution in [0, 0.1) is 30.6 Å². The van der Waals surface area contributed by atoms with Crippen molar-refractivity contribution in [3.8, 4) is 5.75 Å². The molecule has 7 heteroatoms. The largest absolute Gasteiger partial charge is 0.508 e. The molecule has 0 aromatic heterocycles. The Morgan fingerprint density at radius 2 is 1.44 bits per heavy atom. The van der Waals surface area contributed by atoms with Gasteiger partial charge in [-0.2, -0.15) is 0 Å². The molecule has 7 nitrogen and oxygen atoms in total. The fraction of sp³-hybridized carbons (Fsp3) is 0.319. The second-order valence-electron chi connectivity index (χ2n) is 15.9. The number of fused-ring (bicyclic) bond motifs is 4. The predicted octanol–water partition coefficient (Wildman–Crippen LogP) is 7.19. The van der Waals surface area contributed by atoms with Crippen molar-refractivity contribution < 1.29 is 24.3 Å². The van der Waals surface area contributed by atoms with E-state index >= 15 is 9.59 Å². The molecule has 4 aromatic rings. The molecule has 272 valence electrons. The van der Waals surface area contributed by atoms with Gasteiger partial charge in [-0.05, 0) is 78.5 Å². The summed E-state index contributed by atoms with van der Waals surface area (Å²) in [7, 11) is 0. The normalized spacial score (nSPS) is 28.6. The van der Waals surface area contributed by atoms with E-state index in [-0.39, 0.29) is 41.6 Å². The van der Waals surface area contributed by atoms with Crippen LogP contribution in [0.3, 0.4) is 0 Å². The Hall–Kier alpha value is -5.40. The van der Waals surface area contributed by atoms with Gasteiger partial charge in [-0.25, -0.2) is 0 Å². The van der Waals surface area contributed by atoms with Crippen molar-refractivity contribution in [3.05, 3.63) is 155 Å². The molecular weight excluding hydrogens is 673 g/mol. The third-order valence-electron chi connectivity index (χ3n) is 13.1. The average molecular weight is 717 g/mol. The lowest BCUT2D eigenvalue weighted by atomic mass is 9.44. The van der Waals surface area contributed by atoms with Crippen molar-refractivity contribution in [2.45, 2.75) is 56.5 Å². The highest BCUT2D eigenvalue weighted by Gasteiger charge is 2.66. The second-order valence-corrected chi connectivity index (χ2v) is 15.9. The van der Waals surface area contributed by atoms with Crippen LogP contribution in [0.2, 0.25) is 0 Å². The first-order valence-electron chi connectivity index (χ1n) is 19.3. The van der Waals surface area contributed by atoms with E-state index in [1.54, 1.807) is 17.0 Å². The number of amides is 2. The number of imide groups is 1. The van der Waals surface area contributed by atoms with Gasteiger partial charge in [0.1, 0.15) is 5.75 Å². The van der Waals surface area contributed by atoms with Gasteiger partial charge in [0, 0.05) is 43.1 Å². The molecule has 5 aliphatic rings. The van der Waals surface area contributed by atoms with Crippen molar-refractivity contribution in [1.82, 2.24) is 9.80 Å². The number of aryl methyl sites for hydroxylation is 1. The molecule has 4 aromatic carbocycles. The van der Waals surface area contributed by atoms with E-state index in [1.165, 1.54) is 5.56 Å². The average Bonchev–Trinajstić information content (AvgIpc) is 3.46. The van der Waals surface area contributed by atoms with E-state index in [2.05, 4.69) is 23.1 Å². The van der Waals surface area contributed by atoms with Crippen LogP contribution < -0.4 is 0 Å². The number of phenolic OH excluding ortho intramolecular Hbond substituents is 1. The summed E-state index contributed by atoms with van der Waals surface area (Å²) in [5.41, 5.74) is 4.21. The molecule has 0 radical (unpaired) electrons. The number of nitrogens with zero attached hydrogens (tertiary/aromatic N) is 2. The SMILES string of the molecule is Cc1cc([C@H]2C3=CC[C@@H]4C(=O)N(C5CCN(Cc6ccccc6)CC5)C(=O)[C@@H]4[C@@H]3C[C@H]3C(=O)C(c4ccccc4)=CC(=O)[C@@]23c2ccccc2)ccc1O. The lowest BCUT2D eigenvalue weighted by molar-refractivity contribution is -0.144. The first-order valence-corrected chi connectivity index (χ1v) is 19.3. The van der Waals surface area contributed by atoms with Gasteiger partial charge in [0.15, 0.2) is 11.6 Å². The first kappa shape index (κ1) is 34.4. The summed E-state index contributed by atoms with van der Waals surface area (Å²) in [6.45, 7) is 4.27. The number of benzene rings is 4. The van der Waals surface area contributed by atoms with Crippen LogP contribution in [0.4, 0.5) is 0 Å². The van der Waals surface area contributed by atoms with E-state index in [9.17, 15) is 14.7 Å². The number of ketones is 2. The van der Waals surface area contributed by atoms with E-state index in [1.807, 2.05) is 97.9 Å². The van der Waals surface area contributed by atoms with Gasteiger partial charge >= 0.3 is 0 Å². The highest BCUT2D eigenvalue weighted by atomic mass is 16.3. The Morgan fingerprint density at radius 1 is 0.778 bits per heavy atom. The van der Waals surface area contributed by atoms with Crippen molar-refractivity contribution in [2.24, 2.45) is 23.7 Å². The smallest absolute Gasteiger partial charge is 0.233 e. The number of carbonyl (C=O) groups is 4. The molecular formula is C47H44N2O5. The molecule has 1 N–H and O–H groups in total. The Labute approximate surface area is 316 Å². The van der Waals surface area contributed by atoms with Gasteiger partial charge in [0.2, 0.25) is 11.8 Å². The number of phenols is 1. The van der Waals surface area contributed by atoms with Crippen molar-refractivity contribution in [3.63, 3.8) is 0 Å². The molecule has 0 bridgehead atoms. The monoisotopic (exact) mass is 716 g/mol. The molecule has 3 fully saturated rings. The number of Topliss-reactive ketones (excluding diaryl/α,β-unsaturated/α-hetero) is 1. The highest BCUT2D eigenvalue weighted by Crippen LogP contribution is 2.64. The molecule has 54 heavy (non-hydrogen) atoms. The van der Waals surface area contributed by atoms with Gasteiger partial charge in [-0.15, -0.1) is 0 Å². The lowest BCUT2D eigenvalue weighted by Gasteiger charge is -2.55. The van der Waals surface area contributed by atoms with E-state index < -0.39 is 35.0 Å². The number of carbonyl (C=O) groups excluding carboxylic acids is 4. The van der Waals surface area contributed by atoms with Gasteiger partial charge in [-0.3, -0.25) is 29.0 Å². The molecule has 2 amide bonds. The molecule has 2 heterocycles. The molecule has 3 aliphatic carbocycles. The Bertz CT molecular complexity index is 2200. The van der Waals surface area contributed by atoms with E-state index in [0.717, 1.165) is 49.2 Å². The summed E-state index contributed by atoms with van der Waals surface area (Å²) in [5.74, 6) is -3.25. The number of hydrogen-bond donors (Lipinski definition) is 1. The molecule has 9 rings (SSSR count). The summed E-state index contributed by atoms with van der Waals surface area (Å²) in [6.07, 6.45) is 5.80. The van der Waals surface area contributed by atoms with Crippen molar-refractivity contribution in [2.75, 3.05) is 13.1 Å². The van der Waals surface area contributed by atoms with Gasteiger partial charge < -0.3 is 5.11 Å². The Morgan fingerprint density at radius 3 is 2.13 bits per heavy atom. The fourth-order valence-electron chi connectivity index (χ4n) is 10.7. The molecule has 2 aliphatic heterocycles. The number of hydrogen-bond acceptors (Lipinski definition) is 6. The van der Waals surface area contributed by atoms with Crippen LogP contribution in [-0.4, -0.2) is 57.4 Å². The molecule has 6 atom stereocenters. The maximum absolute atomic E-state index is 15.2. The zero-order chi connectivity index (χ0) is 37.1. The summed E-state index contributed by atoms with van der Waals surface area (Å²) < 4.78 is 0. The summed E-state index contributed by atoms with van der Waals surface area (Å²) in [4.78, 5) is 63.5. The maximum atomic E-state index is 15.2. The zero-order valence-corrected chi connectivity index (χ0v) is 30.4. The van der Waals surface area contributed by atoms with Gasteiger partial charge in [0.05, 0.1) is 17.3 Å². The quantitative estimate of drug-likeness (QED) is 0.168. The van der Waals surface area contributed by atoms with Gasteiger partial charge in [0.25, 0.3) is 0 Å². The molecule has 0 spiro atoms. The molecule has 0 unspecified atom stereocenters. The number of aromatic hydroxyl groups is 1. The van der Waals surface area contributed by atoms with Crippen LogP contribution in [0.15, 0.2) is 127 Å². The molecule has 2 saturated heterocycles. The standard InChI is InChI=1S/C47H44N2O5/c1-29-25-32(17-20-40(29)50)43-35-18-19-36-42(46(54)49(45(36)53)34-21-23-48(24-22-34)28-30-11-5-2-6-12-30)38(35)26-39-44(52)37(31-13-7-3-8-14-31)27-41(51)47(39,43)33-15-9-4-10-16-33/h2-18,20,25,27,34,36,38-39,42-43,50H,19,21-24,26,28H2,1H3/t36-,38+,39-,42-,43-,47-/m0/s1. The minimum absolute atomic E-state index is 0.102. The summed E-state index contributed by atoms with van der Waals surface area (Å²) in [5, 5.41) is 10.6. The second kappa shape index (κ2) is 13.5.